The molecule has 454 valence electrons. The number of aliphatic carboxylic acids is 2. The summed E-state index contributed by atoms with van der Waals surface area (Å²) in [6.07, 6.45) is 12.5. The van der Waals surface area contributed by atoms with Crippen molar-refractivity contribution < 1.29 is 72.2 Å². The lowest BCUT2D eigenvalue weighted by Gasteiger charge is -2.27. The van der Waals surface area contributed by atoms with Crippen molar-refractivity contribution in [2.24, 2.45) is 28.6 Å². The molecule has 0 bridgehead atoms. The molecule has 2 aliphatic heterocycles. The number of halogens is 1. The summed E-state index contributed by atoms with van der Waals surface area (Å²) in [4.78, 5) is 92.5. The number of terminal acetylenes is 1. The van der Waals surface area contributed by atoms with E-state index in [-0.39, 0.29) is 66.0 Å². The summed E-state index contributed by atoms with van der Waals surface area (Å²) in [6.45, 7) is 16.2. The van der Waals surface area contributed by atoms with E-state index in [4.69, 9.17) is 66.0 Å². The van der Waals surface area contributed by atoms with Crippen LogP contribution in [0, 0.1) is 59.7 Å². The van der Waals surface area contributed by atoms with Gasteiger partial charge >= 0.3 is 36.1 Å². The fourth-order valence-electron chi connectivity index (χ4n) is 9.41. The Bertz CT molecular complexity index is 3090. The SMILES string of the molecule is C#CCCC[C@@H]1C[C@H]1OC(=O)C[C@H](C(=O)O)C(C)(C)C.COC(=O)[C@@H]1C[C@@H](Oc2nc3cc(OC)ccc3nc2Cl)CN1.Cc1ccc2nc(C#CCCC[C@@H]3C[C@H]3OC(=O)N[C@H](C(=O)O)C(C)(C)C)c(OC3CN[C@H](C)C3)nc2c1.O=C=O. The van der Waals surface area contributed by atoms with Gasteiger partial charge in [-0.25, -0.2) is 29.5 Å². The molecule has 2 aliphatic carbocycles. The van der Waals surface area contributed by atoms with E-state index >= 15 is 0 Å². The number of aryl methyl sites for hydroxylation is 1. The first-order valence-electron chi connectivity index (χ1n) is 28.0. The number of fused-ring (bicyclic) bond motifs is 2. The van der Waals surface area contributed by atoms with E-state index in [9.17, 15) is 34.2 Å². The van der Waals surface area contributed by atoms with Gasteiger partial charge in [-0.05, 0) is 111 Å². The zero-order valence-corrected chi connectivity index (χ0v) is 50.1. The van der Waals surface area contributed by atoms with Gasteiger partial charge in [0, 0.05) is 50.9 Å². The van der Waals surface area contributed by atoms with E-state index in [0.717, 1.165) is 74.5 Å². The van der Waals surface area contributed by atoms with Crippen molar-refractivity contribution >= 4 is 69.8 Å². The highest BCUT2D eigenvalue weighted by Gasteiger charge is 2.43. The van der Waals surface area contributed by atoms with Crippen LogP contribution < -0.4 is 30.2 Å². The molecule has 2 aromatic carbocycles. The number of rotatable bonds is 19. The molecule has 2 aromatic heterocycles. The largest absolute Gasteiger partial charge is 0.497 e. The van der Waals surface area contributed by atoms with Crippen molar-refractivity contribution in [1.29, 1.82) is 0 Å². The van der Waals surface area contributed by atoms with E-state index in [2.05, 4.69) is 50.6 Å². The fraction of sp³-hybridized carbons (Fsp3) is 0.574. The third-order valence-corrected chi connectivity index (χ3v) is 14.6. The van der Waals surface area contributed by atoms with Crippen LogP contribution in [0.2, 0.25) is 5.15 Å². The fourth-order valence-corrected chi connectivity index (χ4v) is 9.59. The number of hydrogen-bond donors (Lipinski definition) is 5. The van der Waals surface area contributed by atoms with E-state index in [1.54, 1.807) is 46.1 Å². The highest BCUT2D eigenvalue weighted by molar-refractivity contribution is 6.31. The maximum absolute atomic E-state index is 12.2. The number of benzene rings is 2. The molecule has 1 amide bonds. The molecule has 1 unspecified atom stereocenters. The van der Waals surface area contributed by atoms with Crippen molar-refractivity contribution in [2.75, 3.05) is 27.3 Å². The Kier molecular flexibility index (Phi) is 25.1. The number of carbonyl (C=O) groups is 5. The van der Waals surface area contributed by atoms with Gasteiger partial charge in [-0.3, -0.25) is 14.4 Å². The summed E-state index contributed by atoms with van der Waals surface area (Å²) in [5.74, 6) is 7.60. The van der Waals surface area contributed by atoms with E-state index < -0.39 is 46.8 Å². The molecule has 8 rings (SSSR count). The number of alkyl carbamates (subject to hydrolysis) is 1. The first kappa shape index (κ1) is 67.2. The zero-order chi connectivity index (χ0) is 61.9. The molecule has 5 N–H and O–H groups in total. The third-order valence-electron chi connectivity index (χ3n) is 14.4. The average molecular weight is 1180 g/mol. The molecule has 2 saturated heterocycles. The van der Waals surface area contributed by atoms with Crippen molar-refractivity contribution in [3.8, 4) is 41.7 Å². The molecule has 4 fully saturated rings. The number of amides is 1. The Morgan fingerprint density at radius 2 is 1.36 bits per heavy atom. The average Bonchev–Trinajstić information content (AvgIpc) is 3.28. The smallest absolute Gasteiger partial charge is 0.408 e. The van der Waals surface area contributed by atoms with Crippen LogP contribution in [0.15, 0.2) is 36.4 Å². The summed E-state index contributed by atoms with van der Waals surface area (Å²) >= 11 is 6.14. The topological polar surface area (TPSA) is 303 Å². The molecular formula is C61H78ClN7O15. The third kappa shape index (κ3) is 21.2. The van der Waals surface area contributed by atoms with Crippen LogP contribution in [0.5, 0.6) is 17.5 Å². The number of carboxylic acids is 2. The highest BCUT2D eigenvalue weighted by Crippen LogP contribution is 2.40. The van der Waals surface area contributed by atoms with E-state index in [1.165, 1.54) is 7.11 Å². The Labute approximate surface area is 494 Å². The molecule has 4 aromatic rings. The van der Waals surface area contributed by atoms with Crippen molar-refractivity contribution in [3.63, 3.8) is 0 Å². The van der Waals surface area contributed by atoms with Gasteiger partial charge in [-0.1, -0.05) is 65.1 Å². The Hall–Kier alpha value is -7.62. The molecule has 10 atom stereocenters. The predicted molar refractivity (Wildman–Crippen MR) is 309 cm³/mol. The summed E-state index contributed by atoms with van der Waals surface area (Å²) in [5.41, 5.74) is 3.46. The number of carboxylic acid groups (broad SMARTS) is 2. The minimum Gasteiger partial charge on any atom is -0.497 e. The molecule has 0 radical (unpaired) electrons. The van der Waals surface area contributed by atoms with Gasteiger partial charge in [0.15, 0.2) is 10.8 Å². The standard InChI is InChI=1S/C29H38N4O5.C16H24O4.C15H16ClN3O4.CO2/c1-17-11-12-21-23(13-17)32-26(37-20-14-18(2)30-16-20)22(31-21)10-8-6-7-9-19-15-24(19)38-28(36)33-25(27(34)35)29(3,4)5;1-5-6-7-8-11-9-13(11)20-14(17)10-12(15(18)19)16(2,3)4;1-21-8-3-4-10-11(5-8)19-14(13(16)18-10)23-9-6-12(17-7-9)15(20)22-2;2-1-3/h11-13,18-20,24-25,30H,6-7,9,14-16H2,1-5H3,(H,33,36)(H,34,35);1,11-13H,6-10H2,2-4H3,(H,18,19);3-5,9,12,17H,6-7H2,1-2H3;/t18-,19-,20?,24-,25-;11-,12-,13-;9-,12+;/m111./s1. The van der Waals surface area contributed by atoms with Gasteiger partial charge in [-0.15, -0.1) is 12.3 Å². The summed E-state index contributed by atoms with van der Waals surface area (Å²) in [7, 11) is 2.94. The maximum atomic E-state index is 12.2. The minimum absolute atomic E-state index is 0.0327. The Morgan fingerprint density at radius 3 is 1.95 bits per heavy atom. The number of nitrogens with one attached hydrogen (secondary N) is 3. The second-order valence-corrected chi connectivity index (χ2v) is 23.7. The number of nitrogens with zero attached hydrogens (tertiary/aromatic N) is 4. The van der Waals surface area contributed by atoms with Crippen LogP contribution in [0.1, 0.15) is 130 Å². The zero-order valence-electron chi connectivity index (χ0n) is 49.4. The van der Waals surface area contributed by atoms with Gasteiger partial charge in [0.05, 0.1) is 48.6 Å². The molecule has 84 heavy (non-hydrogen) atoms. The van der Waals surface area contributed by atoms with E-state index in [1.807, 2.05) is 45.9 Å². The van der Waals surface area contributed by atoms with Gasteiger partial charge in [0.1, 0.15) is 42.2 Å². The maximum Gasteiger partial charge on any atom is 0.408 e. The highest BCUT2D eigenvalue weighted by atomic mass is 35.5. The molecular weight excluding hydrogens is 1110 g/mol. The normalized spacial score (nSPS) is 21.6. The van der Waals surface area contributed by atoms with Crippen LogP contribution in [0.4, 0.5) is 4.79 Å². The number of aromatic nitrogens is 4. The summed E-state index contributed by atoms with van der Waals surface area (Å²) < 4.78 is 32.6. The van der Waals surface area contributed by atoms with Crippen LogP contribution in [-0.2, 0) is 43.0 Å². The lowest BCUT2D eigenvalue weighted by atomic mass is 9.79. The van der Waals surface area contributed by atoms with Crippen molar-refractivity contribution in [3.05, 3.63) is 52.8 Å². The minimum atomic E-state index is -1.07. The van der Waals surface area contributed by atoms with Crippen LogP contribution in [0.25, 0.3) is 22.1 Å². The van der Waals surface area contributed by atoms with Crippen molar-refractivity contribution in [1.82, 2.24) is 35.9 Å². The molecule has 4 heterocycles. The second kappa shape index (κ2) is 31.3. The molecule has 4 aliphatic rings. The monoisotopic (exact) mass is 1180 g/mol. The molecule has 2 saturated carbocycles. The summed E-state index contributed by atoms with van der Waals surface area (Å²) in [5, 5.41) is 27.6. The van der Waals surface area contributed by atoms with E-state index in [0.29, 0.717) is 59.7 Å². The molecule has 22 nitrogen and oxygen atoms in total. The number of esters is 2. The van der Waals surface area contributed by atoms with Gasteiger partial charge < -0.3 is 54.6 Å². The molecule has 0 spiro atoms. The summed E-state index contributed by atoms with van der Waals surface area (Å²) in [6, 6.07) is 10.3. The first-order chi connectivity index (χ1) is 39.8. The number of ether oxygens (including phenoxy) is 6. The Balaban J connectivity index is 0.000000240. The lowest BCUT2D eigenvalue weighted by molar-refractivity contribution is -0.191. The van der Waals surface area contributed by atoms with Gasteiger partial charge in [0.25, 0.3) is 5.88 Å². The van der Waals surface area contributed by atoms with Gasteiger partial charge in [0.2, 0.25) is 5.88 Å². The molecule has 23 heteroatoms. The van der Waals surface area contributed by atoms with Crippen LogP contribution in [0.3, 0.4) is 0 Å². The predicted octanol–water partition coefficient (Wildman–Crippen LogP) is 8.05. The van der Waals surface area contributed by atoms with Crippen LogP contribution >= 0.6 is 11.6 Å². The van der Waals surface area contributed by atoms with Gasteiger partial charge in [-0.2, -0.15) is 9.59 Å². The van der Waals surface area contributed by atoms with Crippen molar-refractivity contribution in [2.45, 2.75) is 169 Å². The lowest BCUT2D eigenvalue weighted by Crippen LogP contribution is -2.49. The quantitative estimate of drug-likeness (QED) is 0.0257. The number of methoxy groups -OCH3 is 2. The second-order valence-electron chi connectivity index (χ2n) is 23.4. The number of unbranched alkanes of at least 4 members (excludes halogenated alkanes) is 2. The van der Waals surface area contributed by atoms with Crippen LogP contribution in [-0.4, -0.2) is 136 Å². The number of carbonyl (C=O) groups excluding carboxylic acids is 5. The Morgan fingerprint density at radius 1 is 0.762 bits per heavy atom. The number of hydrogen-bond acceptors (Lipinski definition) is 19. The first-order valence-corrected chi connectivity index (χ1v) is 28.4.